The zero-order valence-electron chi connectivity index (χ0n) is 13.0. The monoisotopic (exact) mass is 386 g/mol. The summed E-state index contributed by atoms with van der Waals surface area (Å²) < 4.78 is 5.62. The number of nitrogens with one attached hydrogen (secondary N) is 1. The number of amides is 1. The average molecular weight is 386 g/mol. The predicted octanol–water partition coefficient (Wildman–Crippen LogP) is 3.30. The third-order valence-corrected chi connectivity index (χ3v) is 4.49. The van der Waals surface area contributed by atoms with E-state index in [0.717, 1.165) is 11.6 Å². The Kier molecular flexibility index (Phi) is 5.10. The normalized spacial score (nSPS) is 15.0. The lowest BCUT2D eigenvalue weighted by molar-refractivity contribution is -0.384. The molecular formula is C17H10N2O5S2. The van der Waals surface area contributed by atoms with E-state index in [0.29, 0.717) is 9.23 Å². The fourth-order valence-corrected chi connectivity index (χ4v) is 3.16. The summed E-state index contributed by atoms with van der Waals surface area (Å²) in [6.07, 6.45) is 1.67. The van der Waals surface area contributed by atoms with Crippen LogP contribution in [0.4, 0.5) is 5.69 Å². The Hall–Kier alpha value is -3.04. The molecule has 1 aliphatic rings. The van der Waals surface area contributed by atoms with Gasteiger partial charge in [-0.05, 0) is 29.8 Å². The Balaban J connectivity index is 1.71. The van der Waals surface area contributed by atoms with E-state index in [1.807, 2.05) is 0 Å². The lowest BCUT2D eigenvalue weighted by atomic mass is 10.2. The van der Waals surface area contributed by atoms with Gasteiger partial charge in [0.05, 0.1) is 15.4 Å². The molecule has 0 radical (unpaired) electrons. The molecule has 26 heavy (non-hydrogen) atoms. The van der Waals surface area contributed by atoms with Crippen molar-refractivity contribution in [2.24, 2.45) is 0 Å². The molecule has 1 saturated heterocycles. The van der Waals surface area contributed by atoms with Gasteiger partial charge in [0.15, 0.2) is 0 Å². The quantitative estimate of drug-likeness (QED) is 0.215. The van der Waals surface area contributed by atoms with Crippen molar-refractivity contribution in [3.8, 4) is 5.75 Å². The summed E-state index contributed by atoms with van der Waals surface area (Å²) in [6, 6.07) is 11.8. The maximum absolute atomic E-state index is 12.1. The molecule has 7 nitrogen and oxygen atoms in total. The summed E-state index contributed by atoms with van der Waals surface area (Å²) in [5.74, 6) is -0.667. The molecule has 2 aromatic carbocycles. The second-order valence-electron chi connectivity index (χ2n) is 5.12. The number of thioether (sulfide) groups is 1. The van der Waals surface area contributed by atoms with Crippen LogP contribution in [0.3, 0.4) is 0 Å². The molecule has 0 spiro atoms. The number of non-ortho nitro benzene ring substituents is 1. The molecule has 0 aromatic heterocycles. The Labute approximate surface area is 157 Å². The molecule has 0 saturated carbocycles. The van der Waals surface area contributed by atoms with Crippen LogP contribution in [0.1, 0.15) is 15.9 Å². The van der Waals surface area contributed by atoms with Crippen LogP contribution >= 0.6 is 24.0 Å². The molecule has 0 atom stereocenters. The average Bonchev–Trinajstić information content (AvgIpc) is 2.94. The van der Waals surface area contributed by atoms with Gasteiger partial charge < -0.3 is 10.1 Å². The van der Waals surface area contributed by atoms with E-state index in [1.165, 1.54) is 30.0 Å². The third-order valence-electron chi connectivity index (χ3n) is 3.32. The van der Waals surface area contributed by atoms with Crippen LogP contribution in [-0.2, 0) is 4.79 Å². The molecule has 1 amide bonds. The van der Waals surface area contributed by atoms with E-state index in [-0.39, 0.29) is 22.9 Å². The minimum Gasteiger partial charge on any atom is -0.423 e. The Morgan fingerprint density at radius 2 is 1.96 bits per heavy atom. The summed E-state index contributed by atoms with van der Waals surface area (Å²) in [4.78, 5) is 34.4. The summed E-state index contributed by atoms with van der Waals surface area (Å²) in [7, 11) is 0. The van der Waals surface area contributed by atoms with Gasteiger partial charge in [0.2, 0.25) is 0 Å². The first kappa shape index (κ1) is 17.8. The number of hydrogen-bond donors (Lipinski definition) is 1. The smallest absolute Gasteiger partial charge is 0.343 e. The van der Waals surface area contributed by atoms with Gasteiger partial charge in [-0.15, -0.1) is 0 Å². The van der Waals surface area contributed by atoms with Crippen molar-refractivity contribution < 1.29 is 19.2 Å². The molecule has 1 heterocycles. The van der Waals surface area contributed by atoms with Gasteiger partial charge in [0.1, 0.15) is 10.1 Å². The third kappa shape index (κ3) is 4.13. The maximum Gasteiger partial charge on any atom is 0.343 e. The van der Waals surface area contributed by atoms with Crippen molar-refractivity contribution in [1.29, 1.82) is 0 Å². The Morgan fingerprint density at radius 1 is 1.23 bits per heavy atom. The number of ether oxygens (including phenoxy) is 1. The van der Waals surface area contributed by atoms with Gasteiger partial charge in [-0.3, -0.25) is 14.9 Å². The molecule has 0 bridgehead atoms. The molecule has 1 aliphatic heterocycles. The van der Waals surface area contributed by atoms with Crippen LogP contribution in [0, 0.1) is 10.1 Å². The van der Waals surface area contributed by atoms with Crippen LogP contribution in [-0.4, -0.2) is 21.1 Å². The number of nitro benzene ring substituents is 1. The SMILES string of the molecule is O=C1NC(=S)SC1=Cc1ccc(OC(=O)c2cccc([N+](=O)[O-])c2)cc1. The fraction of sp³-hybridized carbons (Fsp3) is 0. The summed E-state index contributed by atoms with van der Waals surface area (Å²) in [6.45, 7) is 0. The lowest BCUT2D eigenvalue weighted by Crippen LogP contribution is -2.17. The Bertz CT molecular complexity index is 954. The van der Waals surface area contributed by atoms with E-state index in [4.69, 9.17) is 17.0 Å². The Morgan fingerprint density at radius 3 is 2.58 bits per heavy atom. The number of nitrogens with zero attached hydrogens (tertiary/aromatic N) is 1. The van der Waals surface area contributed by atoms with Crippen molar-refractivity contribution >= 4 is 51.9 Å². The topological polar surface area (TPSA) is 98.5 Å². The highest BCUT2D eigenvalue weighted by Crippen LogP contribution is 2.26. The number of nitro groups is 1. The van der Waals surface area contributed by atoms with Crippen LogP contribution in [0.25, 0.3) is 6.08 Å². The van der Waals surface area contributed by atoms with Crippen molar-refractivity contribution in [3.05, 3.63) is 74.7 Å². The standard InChI is InChI=1S/C17H10N2O5S2/c20-15-14(26-17(25)18-15)8-10-4-6-13(7-5-10)24-16(21)11-2-1-3-12(9-11)19(22)23/h1-9H,(H,18,20,25). The van der Waals surface area contributed by atoms with Gasteiger partial charge in [-0.25, -0.2) is 4.79 Å². The van der Waals surface area contributed by atoms with Gasteiger partial charge in [-0.1, -0.05) is 42.2 Å². The maximum atomic E-state index is 12.1. The molecule has 0 unspecified atom stereocenters. The van der Waals surface area contributed by atoms with Crippen molar-refractivity contribution in [3.63, 3.8) is 0 Å². The van der Waals surface area contributed by atoms with Crippen molar-refractivity contribution in [2.45, 2.75) is 0 Å². The molecule has 130 valence electrons. The minimum atomic E-state index is -0.698. The molecule has 1 N–H and O–H groups in total. The molecular weight excluding hydrogens is 376 g/mol. The summed E-state index contributed by atoms with van der Waals surface area (Å²) in [5.41, 5.74) is 0.632. The largest absolute Gasteiger partial charge is 0.423 e. The molecule has 1 fully saturated rings. The number of benzene rings is 2. The highest BCUT2D eigenvalue weighted by molar-refractivity contribution is 8.26. The lowest BCUT2D eigenvalue weighted by Gasteiger charge is -2.05. The van der Waals surface area contributed by atoms with Crippen LogP contribution in [0.5, 0.6) is 5.75 Å². The van der Waals surface area contributed by atoms with Crippen LogP contribution in [0.2, 0.25) is 0 Å². The summed E-state index contributed by atoms with van der Waals surface area (Å²) >= 11 is 6.10. The number of thiocarbonyl (C=S) groups is 1. The zero-order valence-corrected chi connectivity index (χ0v) is 14.6. The van der Waals surface area contributed by atoms with Crippen LogP contribution < -0.4 is 10.1 Å². The highest BCUT2D eigenvalue weighted by atomic mass is 32.2. The predicted molar refractivity (Wildman–Crippen MR) is 101 cm³/mol. The van der Waals surface area contributed by atoms with Gasteiger partial charge in [-0.2, -0.15) is 0 Å². The second kappa shape index (κ2) is 7.46. The molecule has 2 aromatic rings. The number of rotatable bonds is 4. The van der Waals surface area contributed by atoms with Gasteiger partial charge in [0, 0.05) is 12.1 Å². The second-order valence-corrected chi connectivity index (χ2v) is 6.84. The number of esters is 1. The number of hydrogen-bond acceptors (Lipinski definition) is 7. The van der Waals surface area contributed by atoms with Crippen molar-refractivity contribution in [2.75, 3.05) is 0 Å². The van der Waals surface area contributed by atoms with Crippen LogP contribution in [0.15, 0.2) is 53.4 Å². The zero-order chi connectivity index (χ0) is 18.7. The first-order valence-corrected chi connectivity index (χ1v) is 8.46. The summed E-state index contributed by atoms with van der Waals surface area (Å²) in [5, 5.41) is 13.3. The van der Waals surface area contributed by atoms with E-state index >= 15 is 0 Å². The number of carbonyl (C=O) groups is 2. The van der Waals surface area contributed by atoms with E-state index in [1.54, 1.807) is 30.3 Å². The molecule has 0 aliphatic carbocycles. The highest BCUT2D eigenvalue weighted by Gasteiger charge is 2.21. The molecule has 3 rings (SSSR count). The van der Waals surface area contributed by atoms with Crippen molar-refractivity contribution in [1.82, 2.24) is 5.32 Å². The minimum absolute atomic E-state index is 0.0814. The number of carbonyl (C=O) groups excluding carboxylic acids is 2. The van der Waals surface area contributed by atoms with E-state index in [2.05, 4.69) is 5.32 Å². The first-order chi connectivity index (χ1) is 12.4. The van der Waals surface area contributed by atoms with E-state index < -0.39 is 10.9 Å². The molecule has 9 heteroatoms. The van der Waals surface area contributed by atoms with Gasteiger partial charge in [0.25, 0.3) is 11.6 Å². The fourth-order valence-electron chi connectivity index (χ4n) is 2.12. The van der Waals surface area contributed by atoms with E-state index in [9.17, 15) is 19.7 Å². The first-order valence-electron chi connectivity index (χ1n) is 7.24. The van der Waals surface area contributed by atoms with Gasteiger partial charge >= 0.3 is 5.97 Å².